The van der Waals surface area contributed by atoms with Crippen LogP contribution in [-0.2, 0) is 10.0 Å². The summed E-state index contributed by atoms with van der Waals surface area (Å²) in [6.45, 7) is 3.31. The molecule has 0 aliphatic rings. The van der Waals surface area contributed by atoms with Gasteiger partial charge in [0.2, 0.25) is 10.0 Å². The number of nitrogen functional groups attached to an aromatic ring is 1. The topological polar surface area (TPSA) is 127 Å². The second-order valence-electron chi connectivity index (χ2n) is 3.86. The summed E-state index contributed by atoms with van der Waals surface area (Å²) < 4.78 is 26.0. The van der Waals surface area contributed by atoms with Crippen molar-refractivity contribution in [1.29, 1.82) is 0 Å². The Labute approximate surface area is 104 Å². The van der Waals surface area contributed by atoms with Crippen LogP contribution in [0.4, 0.5) is 11.4 Å². The van der Waals surface area contributed by atoms with Gasteiger partial charge in [0.1, 0.15) is 5.69 Å². The highest BCUT2D eigenvalue weighted by molar-refractivity contribution is 7.89. The Kier molecular flexibility index (Phi) is 4.22. The van der Waals surface area contributed by atoms with E-state index in [1.54, 1.807) is 13.8 Å². The molecule has 0 aliphatic carbocycles. The van der Waals surface area contributed by atoms with Crippen LogP contribution >= 0.6 is 0 Å². The molecular weight excluding hydrogens is 260 g/mol. The van der Waals surface area contributed by atoms with Gasteiger partial charge >= 0.3 is 0 Å². The van der Waals surface area contributed by atoms with Crippen molar-refractivity contribution in [3.63, 3.8) is 0 Å². The number of rotatable bonds is 5. The Morgan fingerprint density at radius 2 is 2.00 bits per heavy atom. The standard InChI is InChI=1S/C9H14N4O4S/c1-6(2)12-18(16,17)7-3-4-8(11-10)9(5-7)13(14)15/h3-6,11-12H,10H2,1-2H3. The molecule has 9 heteroatoms. The number of nitrogens with two attached hydrogens (primary N) is 1. The molecule has 0 bridgehead atoms. The average molecular weight is 274 g/mol. The molecule has 0 radical (unpaired) electrons. The summed E-state index contributed by atoms with van der Waals surface area (Å²) >= 11 is 0. The molecule has 0 amide bonds. The van der Waals surface area contributed by atoms with Crippen LogP contribution in [0.1, 0.15) is 13.8 Å². The molecule has 0 saturated carbocycles. The number of nitro groups is 1. The van der Waals surface area contributed by atoms with Gasteiger partial charge in [0.15, 0.2) is 0 Å². The second kappa shape index (κ2) is 5.29. The summed E-state index contributed by atoms with van der Waals surface area (Å²) in [6.07, 6.45) is 0. The van der Waals surface area contributed by atoms with Crippen molar-refractivity contribution >= 4 is 21.4 Å². The molecule has 8 nitrogen and oxygen atoms in total. The zero-order chi connectivity index (χ0) is 13.9. The van der Waals surface area contributed by atoms with Gasteiger partial charge in [0.05, 0.1) is 9.82 Å². The number of nitrogens with zero attached hydrogens (tertiary/aromatic N) is 1. The summed E-state index contributed by atoms with van der Waals surface area (Å²) in [7, 11) is -3.76. The van der Waals surface area contributed by atoms with Gasteiger partial charge in [-0.15, -0.1) is 0 Å². The molecule has 100 valence electrons. The molecule has 0 heterocycles. The van der Waals surface area contributed by atoms with Crippen molar-refractivity contribution in [3.05, 3.63) is 28.3 Å². The zero-order valence-electron chi connectivity index (χ0n) is 9.88. The van der Waals surface area contributed by atoms with Gasteiger partial charge in [-0.05, 0) is 26.0 Å². The fourth-order valence-corrected chi connectivity index (χ4v) is 2.60. The summed E-state index contributed by atoms with van der Waals surface area (Å²) in [5, 5.41) is 10.8. The van der Waals surface area contributed by atoms with E-state index in [0.717, 1.165) is 6.07 Å². The second-order valence-corrected chi connectivity index (χ2v) is 5.57. The van der Waals surface area contributed by atoms with Crippen LogP contribution in [0.15, 0.2) is 23.1 Å². The highest BCUT2D eigenvalue weighted by atomic mass is 32.2. The van der Waals surface area contributed by atoms with Gasteiger partial charge in [-0.25, -0.2) is 13.1 Å². The Morgan fingerprint density at radius 1 is 1.39 bits per heavy atom. The van der Waals surface area contributed by atoms with Crippen LogP contribution in [0.5, 0.6) is 0 Å². The number of hydrazine groups is 1. The zero-order valence-corrected chi connectivity index (χ0v) is 10.7. The fourth-order valence-electron chi connectivity index (χ4n) is 1.33. The van der Waals surface area contributed by atoms with E-state index in [9.17, 15) is 18.5 Å². The van der Waals surface area contributed by atoms with Crippen LogP contribution in [-0.4, -0.2) is 19.4 Å². The number of nitro benzene ring substituents is 1. The Hall–Kier alpha value is -1.71. The van der Waals surface area contributed by atoms with E-state index in [2.05, 4.69) is 10.1 Å². The molecule has 18 heavy (non-hydrogen) atoms. The number of hydrogen-bond donors (Lipinski definition) is 3. The Morgan fingerprint density at radius 3 is 2.44 bits per heavy atom. The van der Waals surface area contributed by atoms with Crippen molar-refractivity contribution < 1.29 is 13.3 Å². The maximum Gasteiger partial charge on any atom is 0.294 e. The van der Waals surface area contributed by atoms with Crippen LogP contribution in [0.3, 0.4) is 0 Å². The molecule has 0 saturated heterocycles. The molecule has 0 atom stereocenters. The predicted octanol–water partition coefficient (Wildman–Crippen LogP) is 0.567. The van der Waals surface area contributed by atoms with Gasteiger partial charge in [-0.3, -0.25) is 16.0 Å². The van der Waals surface area contributed by atoms with Gasteiger partial charge < -0.3 is 5.43 Å². The van der Waals surface area contributed by atoms with E-state index in [1.165, 1.54) is 12.1 Å². The molecule has 1 aromatic rings. The van der Waals surface area contributed by atoms with Crippen molar-refractivity contribution in [2.75, 3.05) is 5.43 Å². The largest absolute Gasteiger partial charge is 0.318 e. The van der Waals surface area contributed by atoms with E-state index in [-0.39, 0.29) is 16.6 Å². The third kappa shape index (κ3) is 3.15. The SMILES string of the molecule is CC(C)NS(=O)(=O)c1ccc(NN)c([N+](=O)[O-])c1. The molecule has 0 spiro atoms. The monoisotopic (exact) mass is 274 g/mol. The van der Waals surface area contributed by atoms with Crippen molar-refractivity contribution in [1.82, 2.24) is 4.72 Å². The maximum absolute atomic E-state index is 11.8. The minimum Gasteiger partial charge on any atom is -0.318 e. The van der Waals surface area contributed by atoms with Crippen LogP contribution in [0, 0.1) is 10.1 Å². The van der Waals surface area contributed by atoms with Crippen molar-refractivity contribution in [2.24, 2.45) is 5.84 Å². The van der Waals surface area contributed by atoms with Crippen LogP contribution < -0.4 is 16.0 Å². The number of anilines is 1. The summed E-state index contributed by atoms with van der Waals surface area (Å²) in [5.41, 5.74) is 1.79. The van der Waals surface area contributed by atoms with E-state index >= 15 is 0 Å². The first-order chi connectivity index (χ1) is 8.27. The number of hydrogen-bond acceptors (Lipinski definition) is 6. The Balaban J connectivity index is 3.28. The third-order valence-corrected chi connectivity index (χ3v) is 3.68. The molecule has 0 aliphatic heterocycles. The quantitative estimate of drug-likeness (QED) is 0.409. The average Bonchev–Trinajstić information content (AvgIpc) is 2.26. The van der Waals surface area contributed by atoms with Crippen LogP contribution in [0.25, 0.3) is 0 Å². The smallest absolute Gasteiger partial charge is 0.294 e. The van der Waals surface area contributed by atoms with Crippen molar-refractivity contribution in [2.45, 2.75) is 24.8 Å². The molecular formula is C9H14N4O4S. The highest BCUT2D eigenvalue weighted by Crippen LogP contribution is 2.26. The molecule has 1 aromatic carbocycles. The molecule has 1 rings (SSSR count). The molecule has 4 N–H and O–H groups in total. The van der Waals surface area contributed by atoms with Gasteiger partial charge in [-0.2, -0.15) is 0 Å². The molecule has 0 aromatic heterocycles. The first-order valence-electron chi connectivity index (χ1n) is 5.05. The minimum atomic E-state index is -3.76. The first kappa shape index (κ1) is 14.4. The van der Waals surface area contributed by atoms with E-state index in [1.807, 2.05) is 0 Å². The highest BCUT2D eigenvalue weighted by Gasteiger charge is 2.21. The predicted molar refractivity (Wildman–Crippen MR) is 66.4 cm³/mol. The fraction of sp³-hybridized carbons (Fsp3) is 0.333. The lowest BCUT2D eigenvalue weighted by Gasteiger charge is -2.10. The number of nitrogens with one attached hydrogen (secondary N) is 2. The number of benzene rings is 1. The van der Waals surface area contributed by atoms with E-state index in [0.29, 0.717) is 0 Å². The molecule has 0 fully saturated rings. The lowest BCUT2D eigenvalue weighted by molar-refractivity contribution is -0.384. The lowest BCUT2D eigenvalue weighted by atomic mass is 10.3. The first-order valence-corrected chi connectivity index (χ1v) is 6.53. The van der Waals surface area contributed by atoms with E-state index in [4.69, 9.17) is 5.84 Å². The van der Waals surface area contributed by atoms with Gasteiger partial charge in [0.25, 0.3) is 5.69 Å². The van der Waals surface area contributed by atoms with Crippen LogP contribution in [0.2, 0.25) is 0 Å². The minimum absolute atomic E-state index is 0.0449. The normalized spacial score (nSPS) is 11.6. The lowest BCUT2D eigenvalue weighted by Crippen LogP contribution is -2.30. The van der Waals surface area contributed by atoms with Gasteiger partial charge in [-0.1, -0.05) is 0 Å². The Bertz CT molecular complexity index is 556. The third-order valence-electron chi connectivity index (χ3n) is 2.02. The summed E-state index contributed by atoms with van der Waals surface area (Å²) in [5.74, 6) is 5.11. The maximum atomic E-state index is 11.8. The summed E-state index contributed by atoms with van der Waals surface area (Å²) in [4.78, 5) is 9.89. The summed E-state index contributed by atoms with van der Waals surface area (Å²) in [6, 6.07) is 3.14. The molecule has 0 unspecified atom stereocenters. The number of sulfonamides is 1. The van der Waals surface area contributed by atoms with E-state index < -0.39 is 20.6 Å². The van der Waals surface area contributed by atoms with Crippen molar-refractivity contribution in [3.8, 4) is 0 Å². The van der Waals surface area contributed by atoms with Gasteiger partial charge in [0, 0.05) is 12.1 Å².